The summed E-state index contributed by atoms with van der Waals surface area (Å²) < 4.78 is 0. The molecule has 6 heteroatoms. The van der Waals surface area contributed by atoms with E-state index in [9.17, 15) is 19.8 Å². The van der Waals surface area contributed by atoms with Gasteiger partial charge in [-0.05, 0) is 48.6 Å². The molecule has 1 heterocycles. The number of aliphatic hydroxyl groups is 1. The second kappa shape index (κ2) is 5.32. The minimum atomic E-state index is -2.09. The van der Waals surface area contributed by atoms with Crippen LogP contribution in [-0.2, 0) is 28.0 Å². The van der Waals surface area contributed by atoms with Crippen LogP contribution < -0.4 is 4.90 Å². The van der Waals surface area contributed by atoms with Crippen molar-refractivity contribution in [1.29, 1.82) is 0 Å². The van der Waals surface area contributed by atoms with E-state index in [1.165, 1.54) is 0 Å². The van der Waals surface area contributed by atoms with Crippen LogP contribution in [-0.4, -0.2) is 33.7 Å². The average molecular weight is 339 g/mol. The quantitative estimate of drug-likeness (QED) is 0.788. The number of nitrogens with zero attached hydrogens (tertiary/aromatic N) is 1. The second-order valence-corrected chi connectivity index (χ2v) is 6.50. The van der Waals surface area contributed by atoms with E-state index in [1.807, 2.05) is 0 Å². The number of amides is 1. The van der Waals surface area contributed by atoms with E-state index in [4.69, 9.17) is 5.11 Å². The van der Waals surface area contributed by atoms with Gasteiger partial charge in [0, 0.05) is 11.1 Å². The summed E-state index contributed by atoms with van der Waals surface area (Å²) in [6, 6.07) is 9.81. The first-order chi connectivity index (χ1) is 11.9. The minimum Gasteiger partial charge on any atom is -0.508 e. The van der Waals surface area contributed by atoms with E-state index in [0.717, 1.165) is 35.3 Å². The monoisotopic (exact) mass is 339 g/mol. The molecule has 1 atom stereocenters. The highest BCUT2D eigenvalue weighted by Gasteiger charge is 2.52. The molecule has 2 aromatic carbocycles. The first-order valence-electron chi connectivity index (χ1n) is 8.14. The van der Waals surface area contributed by atoms with Crippen LogP contribution in [0.3, 0.4) is 0 Å². The maximum Gasteiger partial charge on any atom is 0.323 e. The molecule has 2 aliphatic rings. The number of carboxylic acids is 1. The average Bonchev–Trinajstić information content (AvgIpc) is 3.11. The molecule has 0 fully saturated rings. The summed E-state index contributed by atoms with van der Waals surface area (Å²) in [6.45, 7) is -0.552. The van der Waals surface area contributed by atoms with Crippen LogP contribution in [0.5, 0.6) is 5.75 Å². The van der Waals surface area contributed by atoms with Gasteiger partial charge in [0.1, 0.15) is 12.3 Å². The number of rotatable bonds is 3. The fourth-order valence-electron chi connectivity index (χ4n) is 3.89. The van der Waals surface area contributed by atoms with Crippen LogP contribution in [0.1, 0.15) is 28.7 Å². The summed E-state index contributed by atoms with van der Waals surface area (Å²) in [5.74, 6) is -2.08. The lowest BCUT2D eigenvalue weighted by Crippen LogP contribution is -2.43. The van der Waals surface area contributed by atoms with Crippen molar-refractivity contribution in [3.05, 3.63) is 58.7 Å². The van der Waals surface area contributed by atoms with Crippen LogP contribution in [0.2, 0.25) is 0 Å². The van der Waals surface area contributed by atoms with Gasteiger partial charge in [-0.15, -0.1) is 0 Å². The van der Waals surface area contributed by atoms with Crippen molar-refractivity contribution < 1.29 is 24.9 Å². The van der Waals surface area contributed by atoms with Crippen molar-refractivity contribution >= 4 is 17.6 Å². The molecule has 4 rings (SSSR count). The largest absolute Gasteiger partial charge is 0.508 e. The van der Waals surface area contributed by atoms with E-state index in [2.05, 4.69) is 0 Å². The normalized spacial score (nSPS) is 21.3. The van der Waals surface area contributed by atoms with E-state index in [-0.39, 0.29) is 16.9 Å². The Bertz CT molecular complexity index is 907. The molecule has 6 nitrogen and oxygen atoms in total. The van der Waals surface area contributed by atoms with Crippen LogP contribution in [0, 0.1) is 0 Å². The number of benzene rings is 2. The second-order valence-electron chi connectivity index (χ2n) is 6.50. The van der Waals surface area contributed by atoms with Crippen LogP contribution >= 0.6 is 0 Å². The molecular weight excluding hydrogens is 322 g/mol. The summed E-state index contributed by atoms with van der Waals surface area (Å²) in [5, 5.41) is 30.9. The zero-order chi connectivity index (χ0) is 17.8. The number of hydrogen-bond donors (Lipinski definition) is 3. The fourth-order valence-corrected chi connectivity index (χ4v) is 3.89. The third-order valence-electron chi connectivity index (χ3n) is 5.03. The maximum absolute atomic E-state index is 13.0. The molecule has 1 aliphatic carbocycles. The molecule has 2 aromatic rings. The number of phenols is 1. The SMILES string of the molecule is O=C(O)CN1C(=O)C(O)(c2cc3c(cc2O)CCC3)c2ccccc21. The molecule has 0 aromatic heterocycles. The number of para-hydroxylation sites is 1. The molecule has 3 N–H and O–H groups in total. The molecule has 1 aliphatic heterocycles. The number of hydrogen-bond acceptors (Lipinski definition) is 4. The Balaban J connectivity index is 1.92. The number of carboxylic acid groups (broad SMARTS) is 1. The molecule has 0 radical (unpaired) electrons. The van der Waals surface area contributed by atoms with Crippen LogP contribution in [0.25, 0.3) is 0 Å². The number of anilines is 1. The first-order valence-corrected chi connectivity index (χ1v) is 8.14. The fraction of sp³-hybridized carbons (Fsp3) is 0.263. The van der Waals surface area contributed by atoms with Gasteiger partial charge >= 0.3 is 5.97 Å². The van der Waals surface area contributed by atoms with Gasteiger partial charge in [-0.2, -0.15) is 0 Å². The third kappa shape index (κ3) is 2.14. The van der Waals surface area contributed by atoms with Gasteiger partial charge in [0.15, 0.2) is 5.60 Å². The Labute approximate surface area is 143 Å². The van der Waals surface area contributed by atoms with Crippen molar-refractivity contribution in [2.45, 2.75) is 24.9 Å². The van der Waals surface area contributed by atoms with Crippen molar-refractivity contribution in [3.63, 3.8) is 0 Å². The van der Waals surface area contributed by atoms with Crippen LogP contribution in [0.4, 0.5) is 5.69 Å². The van der Waals surface area contributed by atoms with Gasteiger partial charge in [0.05, 0.1) is 5.69 Å². The number of aryl methyl sites for hydroxylation is 2. The smallest absolute Gasteiger partial charge is 0.323 e. The lowest BCUT2D eigenvalue weighted by molar-refractivity contribution is -0.139. The lowest BCUT2D eigenvalue weighted by atomic mass is 9.85. The minimum absolute atomic E-state index is 0.110. The molecule has 1 unspecified atom stereocenters. The first kappa shape index (κ1) is 15.7. The number of carbonyl (C=O) groups excluding carboxylic acids is 1. The molecule has 0 saturated heterocycles. The standard InChI is InChI=1S/C19H17NO5/c21-16-9-12-5-3-4-11(12)8-14(16)19(25)13-6-1-2-7-15(13)20(18(19)24)10-17(22)23/h1-2,6-9,21,25H,3-5,10H2,(H,22,23). The zero-order valence-electron chi connectivity index (χ0n) is 13.4. The lowest BCUT2D eigenvalue weighted by Gasteiger charge is -2.24. The van der Waals surface area contributed by atoms with Crippen molar-refractivity contribution in [1.82, 2.24) is 0 Å². The summed E-state index contributed by atoms with van der Waals surface area (Å²) in [6.07, 6.45) is 2.65. The van der Waals surface area contributed by atoms with E-state index >= 15 is 0 Å². The predicted octanol–water partition coefficient (Wildman–Crippen LogP) is 1.55. The van der Waals surface area contributed by atoms with Gasteiger partial charge in [0.2, 0.25) is 0 Å². The number of aromatic hydroxyl groups is 1. The Morgan fingerprint density at radius 1 is 1.12 bits per heavy atom. The summed E-state index contributed by atoms with van der Waals surface area (Å²) in [4.78, 5) is 25.2. The topological polar surface area (TPSA) is 98.1 Å². The summed E-state index contributed by atoms with van der Waals surface area (Å²) in [5.41, 5.74) is 0.674. The number of fused-ring (bicyclic) bond motifs is 2. The van der Waals surface area contributed by atoms with Gasteiger partial charge in [-0.25, -0.2) is 0 Å². The highest BCUT2D eigenvalue weighted by atomic mass is 16.4. The Morgan fingerprint density at radius 2 is 1.80 bits per heavy atom. The number of phenolic OH excluding ortho intramolecular Hbond substituents is 1. The predicted molar refractivity (Wildman–Crippen MR) is 89.6 cm³/mol. The van der Waals surface area contributed by atoms with Crippen LogP contribution in [0.15, 0.2) is 36.4 Å². The Morgan fingerprint density at radius 3 is 2.52 bits per heavy atom. The highest BCUT2D eigenvalue weighted by Crippen LogP contribution is 2.47. The molecule has 25 heavy (non-hydrogen) atoms. The third-order valence-corrected chi connectivity index (χ3v) is 5.03. The summed E-state index contributed by atoms with van der Waals surface area (Å²) >= 11 is 0. The summed E-state index contributed by atoms with van der Waals surface area (Å²) in [7, 11) is 0. The molecule has 0 saturated carbocycles. The highest BCUT2D eigenvalue weighted by molar-refractivity contribution is 6.11. The number of carbonyl (C=O) groups is 2. The van der Waals surface area contributed by atoms with E-state index in [1.54, 1.807) is 36.4 Å². The Hall–Kier alpha value is -2.86. The maximum atomic E-state index is 13.0. The van der Waals surface area contributed by atoms with Gasteiger partial charge in [-0.3, -0.25) is 14.5 Å². The van der Waals surface area contributed by atoms with E-state index < -0.39 is 24.0 Å². The van der Waals surface area contributed by atoms with Crippen molar-refractivity contribution in [3.8, 4) is 5.75 Å². The zero-order valence-corrected chi connectivity index (χ0v) is 13.4. The molecule has 128 valence electrons. The molecular formula is C19H17NO5. The van der Waals surface area contributed by atoms with Gasteiger partial charge < -0.3 is 15.3 Å². The van der Waals surface area contributed by atoms with Gasteiger partial charge in [0.25, 0.3) is 5.91 Å². The molecule has 0 bridgehead atoms. The van der Waals surface area contributed by atoms with E-state index in [0.29, 0.717) is 5.69 Å². The Kier molecular flexibility index (Phi) is 3.33. The van der Waals surface area contributed by atoms with Gasteiger partial charge in [-0.1, -0.05) is 18.2 Å². The van der Waals surface area contributed by atoms with Crippen molar-refractivity contribution in [2.24, 2.45) is 0 Å². The molecule has 1 amide bonds. The number of aliphatic carboxylic acids is 1. The molecule has 0 spiro atoms. The van der Waals surface area contributed by atoms with Crippen molar-refractivity contribution in [2.75, 3.05) is 11.4 Å².